The Hall–Kier alpha value is -3.51. The third-order valence-electron chi connectivity index (χ3n) is 4.51. The third-order valence-corrected chi connectivity index (χ3v) is 4.76. The number of hydrogen-bond acceptors (Lipinski definition) is 6. The quantitative estimate of drug-likeness (QED) is 0.376. The Balaban J connectivity index is 1.38. The molecular formula is C23H21ClN6. The molecule has 0 bridgehead atoms. The normalized spacial score (nSPS) is 10.6. The summed E-state index contributed by atoms with van der Waals surface area (Å²) < 4.78 is 0. The largest absolute Gasteiger partial charge is 0.384 e. The third kappa shape index (κ3) is 5.52. The van der Waals surface area contributed by atoms with Gasteiger partial charge in [0.1, 0.15) is 5.82 Å². The zero-order chi connectivity index (χ0) is 20.6. The highest BCUT2D eigenvalue weighted by Crippen LogP contribution is 2.22. The number of aromatic nitrogens is 4. The predicted octanol–water partition coefficient (Wildman–Crippen LogP) is 5.38. The summed E-state index contributed by atoms with van der Waals surface area (Å²) in [5.41, 5.74) is 4.80. The lowest BCUT2D eigenvalue weighted by atomic mass is 10.1. The van der Waals surface area contributed by atoms with Crippen LogP contribution in [0.1, 0.15) is 12.0 Å². The Morgan fingerprint density at radius 3 is 2.43 bits per heavy atom. The minimum Gasteiger partial charge on any atom is -0.384 e. The van der Waals surface area contributed by atoms with Crippen molar-refractivity contribution in [3.05, 3.63) is 90.2 Å². The van der Waals surface area contributed by atoms with E-state index in [9.17, 15) is 0 Å². The fourth-order valence-corrected chi connectivity index (χ4v) is 3.12. The molecule has 150 valence electrons. The summed E-state index contributed by atoms with van der Waals surface area (Å²) >= 11 is 5.94. The van der Waals surface area contributed by atoms with Gasteiger partial charge in [0.25, 0.3) is 0 Å². The molecular weight excluding hydrogens is 396 g/mol. The van der Waals surface area contributed by atoms with Crippen molar-refractivity contribution in [1.29, 1.82) is 0 Å². The smallest absolute Gasteiger partial charge is 0.149 e. The number of halogens is 1. The van der Waals surface area contributed by atoms with Crippen molar-refractivity contribution in [2.75, 3.05) is 17.2 Å². The second-order valence-corrected chi connectivity index (χ2v) is 7.21. The summed E-state index contributed by atoms with van der Waals surface area (Å²) in [7, 11) is 0. The number of aryl methyl sites for hydroxylation is 1. The Bertz CT molecular complexity index is 1090. The first-order valence-corrected chi connectivity index (χ1v) is 10.1. The highest BCUT2D eigenvalue weighted by molar-refractivity contribution is 6.30. The van der Waals surface area contributed by atoms with Crippen LogP contribution in [-0.2, 0) is 6.42 Å². The van der Waals surface area contributed by atoms with E-state index in [4.69, 9.17) is 11.6 Å². The molecule has 0 aliphatic carbocycles. The first-order valence-electron chi connectivity index (χ1n) is 9.69. The van der Waals surface area contributed by atoms with E-state index in [0.29, 0.717) is 10.8 Å². The lowest BCUT2D eigenvalue weighted by Crippen LogP contribution is -2.04. The predicted molar refractivity (Wildman–Crippen MR) is 121 cm³/mol. The molecule has 6 nitrogen and oxygen atoms in total. The summed E-state index contributed by atoms with van der Waals surface area (Å²) in [4.78, 5) is 17.4. The number of nitrogens with zero attached hydrogens (tertiary/aromatic N) is 4. The maximum absolute atomic E-state index is 5.94. The van der Waals surface area contributed by atoms with Crippen molar-refractivity contribution in [2.45, 2.75) is 12.8 Å². The van der Waals surface area contributed by atoms with Crippen molar-refractivity contribution in [2.24, 2.45) is 0 Å². The maximum Gasteiger partial charge on any atom is 0.149 e. The molecule has 4 aromatic rings. The Kier molecular flexibility index (Phi) is 6.47. The van der Waals surface area contributed by atoms with Crippen LogP contribution < -0.4 is 10.6 Å². The van der Waals surface area contributed by atoms with Gasteiger partial charge in [-0.05, 0) is 60.9 Å². The molecule has 3 heterocycles. The second kappa shape index (κ2) is 9.80. The van der Waals surface area contributed by atoms with E-state index >= 15 is 0 Å². The molecule has 0 aliphatic heterocycles. The van der Waals surface area contributed by atoms with Crippen LogP contribution in [0.2, 0.25) is 5.02 Å². The van der Waals surface area contributed by atoms with Crippen molar-refractivity contribution in [3.63, 3.8) is 0 Å². The number of rotatable bonds is 8. The molecule has 0 atom stereocenters. The van der Waals surface area contributed by atoms with Crippen molar-refractivity contribution in [3.8, 4) is 11.3 Å². The standard InChI is InChI=1S/C23H21ClN6/c24-19-3-5-20(6-4-19)29-23-16-27-15-22(30-23)18-12-21(14-26-13-18)28-9-1-2-17-7-10-25-11-8-17/h3-8,10-16,28H,1-2,9H2,(H,29,30). The van der Waals surface area contributed by atoms with E-state index in [1.54, 1.807) is 18.6 Å². The summed E-state index contributed by atoms with van der Waals surface area (Å²) in [5, 5.41) is 7.36. The lowest BCUT2D eigenvalue weighted by Gasteiger charge is -2.09. The average Bonchev–Trinajstić information content (AvgIpc) is 2.79. The second-order valence-electron chi connectivity index (χ2n) is 6.77. The number of pyridine rings is 2. The van der Waals surface area contributed by atoms with E-state index in [1.807, 2.05) is 61.1 Å². The molecule has 0 amide bonds. The van der Waals surface area contributed by atoms with Gasteiger partial charge in [0, 0.05) is 47.6 Å². The molecule has 1 aromatic carbocycles. The average molecular weight is 417 g/mol. The van der Waals surface area contributed by atoms with Gasteiger partial charge in [-0.3, -0.25) is 15.0 Å². The fourth-order valence-electron chi connectivity index (χ4n) is 3.00. The molecule has 2 N–H and O–H groups in total. The number of benzene rings is 1. The zero-order valence-electron chi connectivity index (χ0n) is 16.3. The van der Waals surface area contributed by atoms with Gasteiger partial charge in [-0.1, -0.05) is 11.6 Å². The van der Waals surface area contributed by atoms with Crippen LogP contribution in [0.5, 0.6) is 0 Å². The maximum atomic E-state index is 5.94. The van der Waals surface area contributed by atoms with Crippen LogP contribution in [0.15, 0.2) is 79.6 Å². The highest BCUT2D eigenvalue weighted by atomic mass is 35.5. The van der Waals surface area contributed by atoms with Gasteiger partial charge in [-0.15, -0.1) is 0 Å². The zero-order valence-corrected chi connectivity index (χ0v) is 17.0. The van der Waals surface area contributed by atoms with Gasteiger partial charge in [-0.25, -0.2) is 4.98 Å². The fraction of sp³-hybridized carbons (Fsp3) is 0.130. The molecule has 0 aliphatic rings. The van der Waals surface area contributed by atoms with Gasteiger partial charge in [-0.2, -0.15) is 0 Å². The monoisotopic (exact) mass is 416 g/mol. The molecule has 0 unspecified atom stereocenters. The molecule has 0 spiro atoms. The highest BCUT2D eigenvalue weighted by Gasteiger charge is 2.05. The molecule has 4 rings (SSSR count). The summed E-state index contributed by atoms with van der Waals surface area (Å²) in [6, 6.07) is 13.6. The van der Waals surface area contributed by atoms with Gasteiger partial charge >= 0.3 is 0 Å². The van der Waals surface area contributed by atoms with Crippen molar-refractivity contribution in [1.82, 2.24) is 19.9 Å². The van der Waals surface area contributed by atoms with Gasteiger partial charge in [0.05, 0.1) is 23.8 Å². The van der Waals surface area contributed by atoms with Crippen LogP contribution in [0.25, 0.3) is 11.3 Å². The SMILES string of the molecule is Clc1ccc(Nc2cncc(-c3cncc(NCCCc4ccncc4)c3)n2)cc1. The van der Waals surface area contributed by atoms with E-state index in [0.717, 1.165) is 42.0 Å². The number of nitrogens with one attached hydrogen (secondary N) is 2. The number of hydrogen-bond donors (Lipinski definition) is 2. The van der Waals surface area contributed by atoms with Crippen LogP contribution in [-0.4, -0.2) is 26.5 Å². The van der Waals surface area contributed by atoms with E-state index in [-0.39, 0.29) is 0 Å². The van der Waals surface area contributed by atoms with Gasteiger partial charge < -0.3 is 10.6 Å². The van der Waals surface area contributed by atoms with Gasteiger partial charge in [0.15, 0.2) is 0 Å². The lowest BCUT2D eigenvalue weighted by molar-refractivity contribution is 0.860. The summed E-state index contributed by atoms with van der Waals surface area (Å²) in [6.45, 7) is 0.858. The molecule has 0 fully saturated rings. The first-order chi connectivity index (χ1) is 14.8. The van der Waals surface area contributed by atoms with E-state index in [2.05, 4.69) is 30.6 Å². The van der Waals surface area contributed by atoms with E-state index < -0.39 is 0 Å². The van der Waals surface area contributed by atoms with Crippen molar-refractivity contribution >= 4 is 28.8 Å². The molecule has 7 heteroatoms. The molecule has 0 radical (unpaired) electrons. The molecule has 0 saturated carbocycles. The number of anilines is 3. The molecule has 0 saturated heterocycles. The topological polar surface area (TPSA) is 75.6 Å². The van der Waals surface area contributed by atoms with E-state index in [1.165, 1.54) is 5.56 Å². The Morgan fingerprint density at radius 1 is 0.800 bits per heavy atom. The minimum atomic E-state index is 0.658. The van der Waals surface area contributed by atoms with Crippen LogP contribution in [0, 0.1) is 0 Å². The summed E-state index contributed by atoms with van der Waals surface area (Å²) in [6.07, 6.45) is 12.7. The molecule has 3 aromatic heterocycles. The van der Waals surface area contributed by atoms with Crippen LogP contribution in [0.3, 0.4) is 0 Å². The van der Waals surface area contributed by atoms with Crippen LogP contribution >= 0.6 is 11.6 Å². The summed E-state index contributed by atoms with van der Waals surface area (Å²) in [5.74, 6) is 0.658. The van der Waals surface area contributed by atoms with Gasteiger partial charge in [0.2, 0.25) is 0 Å². The Labute approximate surface area is 180 Å². The molecule has 30 heavy (non-hydrogen) atoms. The Morgan fingerprint density at radius 2 is 1.60 bits per heavy atom. The van der Waals surface area contributed by atoms with Crippen molar-refractivity contribution < 1.29 is 0 Å². The first kappa shape index (κ1) is 19.8. The minimum absolute atomic E-state index is 0.658. The van der Waals surface area contributed by atoms with Crippen LogP contribution in [0.4, 0.5) is 17.2 Å².